The van der Waals surface area contributed by atoms with E-state index >= 15 is 0 Å². The Kier molecular flexibility index (Phi) is 1.81. The molecule has 13 heavy (non-hydrogen) atoms. The summed E-state index contributed by atoms with van der Waals surface area (Å²) in [6.07, 6.45) is 4.10. The van der Waals surface area contributed by atoms with Gasteiger partial charge in [0.05, 0.1) is 5.69 Å². The fraction of sp³-hybridized carbons (Fsp3) is 0. The predicted molar refractivity (Wildman–Crippen MR) is 42.3 cm³/mol. The maximum atomic E-state index is 12.7. The quantitative estimate of drug-likeness (QED) is 0.654. The van der Waals surface area contributed by atoms with Crippen LogP contribution in [0, 0.1) is 17.8 Å². The molecule has 2 nitrogen and oxygen atoms in total. The highest BCUT2D eigenvalue weighted by molar-refractivity contribution is 5.31. The second-order valence-electron chi connectivity index (χ2n) is 2.52. The Bertz CT molecular complexity index is 389. The van der Waals surface area contributed by atoms with Crippen molar-refractivity contribution >= 4 is 0 Å². The van der Waals surface area contributed by atoms with E-state index in [1.165, 1.54) is 16.8 Å². The maximum absolute atomic E-state index is 12.7. The third-order valence-electron chi connectivity index (χ3n) is 1.57. The first-order valence-corrected chi connectivity index (χ1v) is 3.64. The van der Waals surface area contributed by atoms with Crippen LogP contribution in [0.5, 0.6) is 0 Å². The van der Waals surface area contributed by atoms with Gasteiger partial charge in [0, 0.05) is 12.3 Å². The smallest absolute Gasteiger partial charge is 0.128 e. The lowest BCUT2D eigenvalue weighted by atomic mass is 10.3. The lowest BCUT2D eigenvalue weighted by Crippen LogP contribution is -1.95. The van der Waals surface area contributed by atoms with E-state index in [0.29, 0.717) is 5.69 Å². The van der Waals surface area contributed by atoms with Crippen molar-refractivity contribution in [1.82, 2.24) is 9.78 Å². The van der Waals surface area contributed by atoms with E-state index in [1.807, 2.05) is 0 Å². The van der Waals surface area contributed by atoms with Gasteiger partial charge >= 0.3 is 0 Å². The summed E-state index contributed by atoms with van der Waals surface area (Å²) < 4.78 is 26.8. The van der Waals surface area contributed by atoms with Crippen LogP contribution in [0.2, 0.25) is 0 Å². The molecule has 0 unspecified atom stereocenters. The Morgan fingerprint density at radius 3 is 2.38 bits per heavy atom. The van der Waals surface area contributed by atoms with Crippen LogP contribution in [0.25, 0.3) is 5.69 Å². The van der Waals surface area contributed by atoms with Crippen molar-refractivity contribution < 1.29 is 8.78 Å². The predicted octanol–water partition coefficient (Wildman–Crippen LogP) is 1.95. The van der Waals surface area contributed by atoms with Gasteiger partial charge in [-0.25, -0.2) is 13.5 Å². The minimum absolute atomic E-state index is 0.346. The number of benzene rings is 1. The molecule has 0 fully saturated rings. The van der Waals surface area contributed by atoms with Crippen LogP contribution in [-0.2, 0) is 0 Å². The number of hydrogen-bond acceptors (Lipinski definition) is 1. The molecule has 0 aliphatic carbocycles. The molecule has 0 aliphatic rings. The average Bonchev–Trinajstić information content (AvgIpc) is 2.53. The molecule has 4 heteroatoms. The number of hydrogen-bond donors (Lipinski definition) is 0. The fourth-order valence-electron chi connectivity index (χ4n) is 1.05. The largest absolute Gasteiger partial charge is 0.240 e. The molecule has 0 aliphatic heterocycles. The van der Waals surface area contributed by atoms with Crippen LogP contribution in [0.3, 0.4) is 0 Å². The van der Waals surface area contributed by atoms with E-state index in [-0.39, 0.29) is 0 Å². The van der Waals surface area contributed by atoms with Crippen LogP contribution in [-0.4, -0.2) is 9.78 Å². The summed E-state index contributed by atoms with van der Waals surface area (Å²) in [4.78, 5) is 0. The highest BCUT2D eigenvalue weighted by Crippen LogP contribution is 2.11. The second kappa shape index (κ2) is 2.97. The molecule has 65 valence electrons. The molecule has 0 N–H and O–H groups in total. The van der Waals surface area contributed by atoms with Crippen molar-refractivity contribution in [2.24, 2.45) is 0 Å². The summed E-state index contributed by atoms with van der Waals surface area (Å²) >= 11 is 0. The Balaban J connectivity index is 2.53. The number of halogens is 2. The standard InChI is InChI=1S/C9H5F2N2/c10-7-4-8(11)6-9(5-7)13-3-1-2-12-13/h1,3-6H. The fourth-order valence-corrected chi connectivity index (χ4v) is 1.05. The summed E-state index contributed by atoms with van der Waals surface area (Å²) in [7, 11) is 0. The SMILES string of the molecule is Fc1cc(F)cc(-n2cc[c]n2)c1. The van der Waals surface area contributed by atoms with Gasteiger partial charge in [-0.05, 0) is 18.2 Å². The van der Waals surface area contributed by atoms with Crippen molar-refractivity contribution in [2.75, 3.05) is 0 Å². The Labute approximate surface area is 73.4 Å². The molecule has 0 amide bonds. The zero-order chi connectivity index (χ0) is 9.26. The average molecular weight is 179 g/mol. The van der Waals surface area contributed by atoms with Gasteiger partial charge in [0.15, 0.2) is 0 Å². The molecule has 1 aromatic carbocycles. The molecule has 1 aromatic heterocycles. The normalized spacial score (nSPS) is 10.3. The lowest BCUT2D eigenvalue weighted by Gasteiger charge is -2.00. The molecule has 2 rings (SSSR count). The van der Waals surface area contributed by atoms with Gasteiger partial charge in [-0.1, -0.05) is 0 Å². The highest BCUT2D eigenvalue weighted by atomic mass is 19.1. The number of nitrogens with zero attached hydrogens (tertiary/aromatic N) is 2. The molecule has 0 saturated carbocycles. The zero-order valence-corrected chi connectivity index (χ0v) is 6.54. The molecule has 0 spiro atoms. The molecule has 1 radical (unpaired) electrons. The van der Waals surface area contributed by atoms with Gasteiger partial charge in [0.2, 0.25) is 0 Å². The van der Waals surface area contributed by atoms with Gasteiger partial charge in [-0.15, -0.1) is 0 Å². The van der Waals surface area contributed by atoms with E-state index in [1.54, 1.807) is 12.3 Å². The van der Waals surface area contributed by atoms with Crippen molar-refractivity contribution in [1.29, 1.82) is 0 Å². The van der Waals surface area contributed by atoms with Crippen LogP contribution in [0.4, 0.5) is 8.78 Å². The van der Waals surface area contributed by atoms with Crippen molar-refractivity contribution in [3.8, 4) is 5.69 Å². The molecule has 0 bridgehead atoms. The van der Waals surface area contributed by atoms with Crippen molar-refractivity contribution in [3.63, 3.8) is 0 Å². The minimum atomic E-state index is -0.620. The van der Waals surface area contributed by atoms with Crippen LogP contribution < -0.4 is 0 Å². The molecular weight excluding hydrogens is 174 g/mol. The number of rotatable bonds is 1. The number of aromatic nitrogens is 2. The van der Waals surface area contributed by atoms with Crippen molar-refractivity contribution in [2.45, 2.75) is 0 Å². The van der Waals surface area contributed by atoms with Gasteiger partial charge in [0.25, 0.3) is 0 Å². The third kappa shape index (κ3) is 1.56. The Morgan fingerprint density at radius 1 is 1.15 bits per heavy atom. The van der Waals surface area contributed by atoms with E-state index in [4.69, 9.17) is 0 Å². The van der Waals surface area contributed by atoms with E-state index in [2.05, 4.69) is 11.3 Å². The maximum Gasteiger partial charge on any atom is 0.128 e. The van der Waals surface area contributed by atoms with E-state index in [0.717, 1.165) is 6.07 Å². The Morgan fingerprint density at radius 2 is 1.85 bits per heavy atom. The molecular formula is C9H5F2N2. The minimum Gasteiger partial charge on any atom is -0.240 e. The zero-order valence-electron chi connectivity index (χ0n) is 6.54. The van der Waals surface area contributed by atoms with E-state index in [9.17, 15) is 8.78 Å². The summed E-state index contributed by atoms with van der Waals surface area (Å²) in [6.45, 7) is 0. The molecule has 0 atom stereocenters. The third-order valence-corrected chi connectivity index (χ3v) is 1.57. The second-order valence-corrected chi connectivity index (χ2v) is 2.52. The molecule has 1 heterocycles. The first kappa shape index (κ1) is 7.91. The van der Waals surface area contributed by atoms with Gasteiger partial charge in [0.1, 0.15) is 17.8 Å². The van der Waals surface area contributed by atoms with Crippen LogP contribution in [0.15, 0.2) is 30.5 Å². The summed E-state index contributed by atoms with van der Waals surface area (Å²) in [5.74, 6) is -1.24. The van der Waals surface area contributed by atoms with Gasteiger partial charge < -0.3 is 0 Å². The summed E-state index contributed by atoms with van der Waals surface area (Å²) in [6, 6.07) is 4.77. The van der Waals surface area contributed by atoms with Crippen molar-refractivity contribution in [3.05, 3.63) is 48.3 Å². The van der Waals surface area contributed by atoms with Gasteiger partial charge in [-0.3, -0.25) is 0 Å². The van der Waals surface area contributed by atoms with Gasteiger partial charge in [-0.2, -0.15) is 5.10 Å². The first-order valence-electron chi connectivity index (χ1n) is 3.64. The topological polar surface area (TPSA) is 17.8 Å². The van der Waals surface area contributed by atoms with Crippen LogP contribution in [0.1, 0.15) is 0 Å². The highest BCUT2D eigenvalue weighted by Gasteiger charge is 2.01. The summed E-state index contributed by atoms with van der Waals surface area (Å²) in [5.41, 5.74) is 0.346. The van der Waals surface area contributed by atoms with Crippen LogP contribution >= 0.6 is 0 Å². The first-order chi connectivity index (χ1) is 6.25. The molecule has 2 aromatic rings. The summed E-state index contributed by atoms with van der Waals surface area (Å²) in [5, 5.41) is 3.73. The monoisotopic (exact) mass is 179 g/mol. The Hall–Kier alpha value is -1.71. The molecule has 0 saturated heterocycles. The lowest BCUT2D eigenvalue weighted by molar-refractivity contribution is 0.580. The van der Waals surface area contributed by atoms with E-state index < -0.39 is 11.6 Å².